The Morgan fingerprint density at radius 1 is 1.00 bits per heavy atom. The third kappa shape index (κ3) is 7.02. The molecule has 3 aromatic heterocycles. The topological polar surface area (TPSA) is 138 Å². The molecule has 0 bridgehead atoms. The quantitative estimate of drug-likeness (QED) is 0.175. The van der Waals surface area contributed by atoms with Crippen molar-refractivity contribution in [1.82, 2.24) is 29.0 Å². The maximum Gasteiger partial charge on any atom is 0.257 e. The van der Waals surface area contributed by atoms with Gasteiger partial charge in [-0.05, 0) is 104 Å². The molecule has 1 aliphatic carbocycles. The molecule has 1 saturated carbocycles. The maximum absolute atomic E-state index is 14.5. The molecule has 56 heavy (non-hydrogen) atoms. The number of fused-ring (bicyclic) bond motifs is 5. The number of ether oxygens (including phenoxy) is 2. The Bertz CT molecular complexity index is 2470. The number of aromatic nitrogens is 4. The van der Waals surface area contributed by atoms with E-state index in [4.69, 9.17) is 14.6 Å². The number of pyridine rings is 1. The molecule has 2 fully saturated rings. The zero-order valence-corrected chi connectivity index (χ0v) is 33.2. The first-order valence-electron chi connectivity index (χ1n) is 19.5. The van der Waals surface area contributed by atoms with Gasteiger partial charge in [-0.3, -0.25) is 19.3 Å². The van der Waals surface area contributed by atoms with Gasteiger partial charge in [-0.2, -0.15) is 5.10 Å². The van der Waals surface area contributed by atoms with E-state index in [-0.39, 0.29) is 12.3 Å². The number of rotatable bonds is 9. The Morgan fingerprint density at radius 2 is 1.79 bits per heavy atom. The number of nitrogens with zero attached hydrogens (tertiary/aromatic N) is 5. The van der Waals surface area contributed by atoms with E-state index in [1.807, 2.05) is 40.8 Å². The van der Waals surface area contributed by atoms with Crippen molar-refractivity contribution < 1.29 is 27.5 Å². The van der Waals surface area contributed by atoms with Crippen molar-refractivity contribution in [2.75, 3.05) is 33.4 Å². The highest BCUT2D eigenvalue weighted by Crippen LogP contribution is 2.48. The second kappa shape index (κ2) is 15.3. The summed E-state index contributed by atoms with van der Waals surface area (Å²) in [6, 6.07) is 14.2. The number of amides is 2. The van der Waals surface area contributed by atoms with Crippen LogP contribution in [0, 0.1) is 6.92 Å². The van der Waals surface area contributed by atoms with Crippen LogP contribution in [0.4, 0.5) is 0 Å². The first kappa shape index (κ1) is 37.6. The molecule has 1 N–H and O–H groups in total. The molecule has 2 aliphatic heterocycles. The van der Waals surface area contributed by atoms with Crippen molar-refractivity contribution >= 4 is 44.4 Å². The van der Waals surface area contributed by atoms with Gasteiger partial charge in [0.2, 0.25) is 15.9 Å². The second-order valence-corrected chi connectivity index (χ2v) is 17.6. The second-order valence-electron chi connectivity index (χ2n) is 15.3. The lowest BCUT2D eigenvalue weighted by Crippen LogP contribution is -2.41. The molecule has 0 atom stereocenters. The Kier molecular flexibility index (Phi) is 10.3. The molecular formula is C43H48N6O6S. The fraction of sp³-hybridized carbons (Fsp3) is 0.395. The van der Waals surface area contributed by atoms with Crippen LogP contribution in [-0.4, -0.2) is 83.1 Å². The van der Waals surface area contributed by atoms with Gasteiger partial charge in [0.1, 0.15) is 5.75 Å². The van der Waals surface area contributed by atoms with E-state index in [9.17, 15) is 18.0 Å². The lowest BCUT2D eigenvalue weighted by atomic mass is 9.81. The maximum atomic E-state index is 14.5. The zero-order valence-electron chi connectivity index (χ0n) is 32.4. The number of hydrogen-bond acceptors (Lipinski definition) is 8. The zero-order chi connectivity index (χ0) is 39.1. The molecule has 2 amide bonds. The summed E-state index contributed by atoms with van der Waals surface area (Å²) in [6.07, 6.45) is 12.9. The number of nitrogens with one attached hydrogen (secondary N) is 1. The summed E-state index contributed by atoms with van der Waals surface area (Å²) in [4.78, 5) is 33.8. The van der Waals surface area contributed by atoms with Gasteiger partial charge in [0.25, 0.3) is 5.91 Å². The van der Waals surface area contributed by atoms with Crippen LogP contribution in [0.1, 0.15) is 90.2 Å². The average molecular weight is 777 g/mol. The van der Waals surface area contributed by atoms with Crippen molar-refractivity contribution in [3.05, 3.63) is 94.6 Å². The van der Waals surface area contributed by atoms with Gasteiger partial charge in [0, 0.05) is 41.9 Å². The summed E-state index contributed by atoms with van der Waals surface area (Å²) in [6.45, 7) is 7.39. The molecule has 0 spiro atoms. The summed E-state index contributed by atoms with van der Waals surface area (Å²) in [5, 5.41) is 5.26. The number of methoxy groups -OCH3 is 1. The first-order chi connectivity index (χ1) is 27.0. The molecule has 5 aromatic rings. The van der Waals surface area contributed by atoms with E-state index in [2.05, 4.69) is 38.5 Å². The van der Waals surface area contributed by atoms with Crippen molar-refractivity contribution in [3.63, 3.8) is 0 Å². The molecule has 13 heteroatoms. The number of aryl methyl sites for hydroxylation is 1. The Morgan fingerprint density at radius 3 is 2.52 bits per heavy atom. The summed E-state index contributed by atoms with van der Waals surface area (Å²) in [5.41, 5.74) is 9.82. The van der Waals surface area contributed by atoms with E-state index in [1.54, 1.807) is 39.5 Å². The van der Waals surface area contributed by atoms with Crippen LogP contribution in [0.25, 0.3) is 39.5 Å². The van der Waals surface area contributed by atoms with Gasteiger partial charge in [0.05, 0.1) is 67.4 Å². The third-order valence-corrected chi connectivity index (χ3v) is 13.2. The average Bonchev–Trinajstić information content (AvgIpc) is 3.72. The largest absolute Gasteiger partial charge is 0.497 e. The van der Waals surface area contributed by atoms with Gasteiger partial charge in [-0.15, -0.1) is 0 Å². The van der Waals surface area contributed by atoms with E-state index in [0.717, 1.165) is 76.0 Å². The van der Waals surface area contributed by atoms with Gasteiger partial charge in [0.15, 0.2) is 0 Å². The predicted molar refractivity (Wildman–Crippen MR) is 216 cm³/mol. The van der Waals surface area contributed by atoms with Gasteiger partial charge in [-0.1, -0.05) is 31.4 Å². The van der Waals surface area contributed by atoms with Crippen LogP contribution >= 0.6 is 0 Å². The number of hydrogen-bond donors (Lipinski definition) is 1. The minimum Gasteiger partial charge on any atom is -0.497 e. The Hall–Kier alpha value is -5.27. The minimum absolute atomic E-state index is 0.0933. The fourth-order valence-corrected chi connectivity index (χ4v) is 9.10. The van der Waals surface area contributed by atoms with Gasteiger partial charge < -0.3 is 18.9 Å². The van der Waals surface area contributed by atoms with Gasteiger partial charge >= 0.3 is 0 Å². The monoisotopic (exact) mass is 776 g/mol. The van der Waals surface area contributed by atoms with Crippen LogP contribution in [0.5, 0.6) is 5.75 Å². The molecule has 1 saturated heterocycles. The summed E-state index contributed by atoms with van der Waals surface area (Å²) >= 11 is 0. The number of carbonyl (C=O) groups is 2. The van der Waals surface area contributed by atoms with Crippen LogP contribution in [0.2, 0.25) is 0 Å². The highest BCUT2D eigenvalue weighted by atomic mass is 32.2. The lowest BCUT2D eigenvalue weighted by Gasteiger charge is -2.27. The fourth-order valence-electron chi connectivity index (χ4n) is 8.48. The molecule has 5 heterocycles. The van der Waals surface area contributed by atoms with Crippen molar-refractivity contribution in [2.24, 2.45) is 0 Å². The lowest BCUT2D eigenvalue weighted by molar-refractivity contribution is -0.118. The van der Waals surface area contributed by atoms with E-state index < -0.39 is 21.2 Å². The van der Waals surface area contributed by atoms with Crippen molar-refractivity contribution in [2.45, 2.75) is 77.0 Å². The molecule has 2 aromatic carbocycles. The molecule has 0 unspecified atom stereocenters. The predicted octanol–water partition coefficient (Wildman–Crippen LogP) is 6.68. The van der Waals surface area contributed by atoms with Crippen molar-refractivity contribution in [1.29, 1.82) is 0 Å². The molecule has 292 valence electrons. The van der Waals surface area contributed by atoms with Gasteiger partial charge in [-0.25, -0.2) is 13.1 Å². The van der Waals surface area contributed by atoms with E-state index in [0.29, 0.717) is 55.6 Å². The summed E-state index contributed by atoms with van der Waals surface area (Å²) in [5.74, 6) is 0.361. The van der Waals surface area contributed by atoms with Crippen LogP contribution < -0.4 is 9.46 Å². The number of benzene rings is 2. The van der Waals surface area contributed by atoms with Crippen LogP contribution in [0.3, 0.4) is 0 Å². The standard InChI is InChI=1S/C43H48N6O6S/c1-27(2)56(52,53)46-39(50)21-29-10-12-35-38(20-29)48-26-32(22-31-23-33(54-4)11-13-34(31)42(48)40(35)30-8-6-5-7-9-30)41-36(43(51)47-16-18-55-19-17-47)25-45-49(41)37-14-15-44-24-28(37)3/h10-15,20,22-25,27,30H,5-9,16-19,21,26H2,1-4H3,(H,46,50). The molecular weight excluding hydrogens is 729 g/mol. The van der Waals surface area contributed by atoms with Crippen LogP contribution in [-0.2, 0) is 32.5 Å². The number of carbonyl (C=O) groups excluding carboxylic acids is 2. The Balaban J connectivity index is 1.36. The highest BCUT2D eigenvalue weighted by molar-refractivity contribution is 7.90. The molecule has 8 rings (SSSR count). The third-order valence-electron chi connectivity index (χ3n) is 11.4. The van der Waals surface area contributed by atoms with E-state index in [1.165, 1.54) is 12.0 Å². The SMILES string of the molecule is COc1ccc2c(c1)C=C(c1c(C(=O)N3CCOCC3)cnn1-c1ccncc1C)Cn1c-2c(C2CCCCC2)c2ccc(CC(=O)NS(=O)(=O)C(C)C)cc21. The first-order valence-corrected chi connectivity index (χ1v) is 21.0. The number of sulfonamides is 1. The summed E-state index contributed by atoms with van der Waals surface area (Å²) < 4.78 is 43.0. The Labute approximate surface area is 327 Å². The smallest absolute Gasteiger partial charge is 0.257 e. The van der Waals surface area contributed by atoms with Crippen molar-refractivity contribution in [3.8, 4) is 22.7 Å². The van der Waals surface area contributed by atoms with Crippen LogP contribution in [0.15, 0.2) is 61.1 Å². The highest BCUT2D eigenvalue weighted by Gasteiger charge is 2.33. The molecule has 0 radical (unpaired) electrons. The number of allylic oxidation sites excluding steroid dienone is 1. The number of morpholine rings is 1. The minimum atomic E-state index is -3.78. The normalized spacial score (nSPS) is 16.3. The molecule has 12 nitrogen and oxygen atoms in total. The summed E-state index contributed by atoms with van der Waals surface area (Å²) in [7, 11) is -2.12. The van der Waals surface area contributed by atoms with E-state index >= 15 is 0 Å². The molecule has 3 aliphatic rings.